The van der Waals surface area contributed by atoms with E-state index in [-0.39, 0.29) is 6.04 Å². The van der Waals surface area contributed by atoms with Gasteiger partial charge in [0.1, 0.15) is 6.04 Å². The summed E-state index contributed by atoms with van der Waals surface area (Å²) in [6.45, 7) is 6.50. The van der Waals surface area contributed by atoms with E-state index >= 15 is 0 Å². The number of rotatable bonds is 9. The predicted molar refractivity (Wildman–Crippen MR) is 73.1 cm³/mol. The smallest absolute Gasteiger partial charge is 0.326 e. The van der Waals surface area contributed by atoms with Crippen molar-refractivity contribution in [3.63, 3.8) is 0 Å². The van der Waals surface area contributed by atoms with E-state index in [1.807, 2.05) is 20.8 Å². The number of carboxylic acids is 1. The van der Waals surface area contributed by atoms with Gasteiger partial charge in [-0.1, -0.05) is 20.8 Å². The fraction of sp³-hybridized carbons (Fsp3) is 0.846. The molecule has 19 heavy (non-hydrogen) atoms. The third-order valence-electron chi connectivity index (χ3n) is 3.01. The Balaban J connectivity index is 4.26. The van der Waals surface area contributed by atoms with Crippen molar-refractivity contribution in [1.29, 1.82) is 0 Å². The average molecular weight is 274 g/mol. The second kappa shape index (κ2) is 9.61. The largest absolute Gasteiger partial charge is 0.480 e. The fourth-order valence-electron chi connectivity index (χ4n) is 1.80. The first-order valence-electron chi connectivity index (χ1n) is 6.71. The minimum Gasteiger partial charge on any atom is -0.480 e. The molecule has 6 nitrogen and oxygen atoms in total. The molecule has 0 saturated carbocycles. The maximum Gasteiger partial charge on any atom is 0.326 e. The van der Waals surface area contributed by atoms with Crippen LogP contribution in [0.4, 0.5) is 4.79 Å². The molecular formula is C13H26N2O4. The number of methoxy groups -OCH3 is 1. The van der Waals surface area contributed by atoms with Crippen LogP contribution in [-0.2, 0) is 9.53 Å². The zero-order valence-electron chi connectivity index (χ0n) is 12.2. The Morgan fingerprint density at radius 2 is 1.89 bits per heavy atom. The Morgan fingerprint density at radius 3 is 2.32 bits per heavy atom. The summed E-state index contributed by atoms with van der Waals surface area (Å²) in [6, 6.07) is -1.25. The van der Waals surface area contributed by atoms with Gasteiger partial charge in [-0.3, -0.25) is 0 Å². The van der Waals surface area contributed by atoms with Gasteiger partial charge in [-0.15, -0.1) is 0 Å². The van der Waals surface area contributed by atoms with Crippen molar-refractivity contribution in [3.8, 4) is 0 Å². The first kappa shape index (κ1) is 17.7. The summed E-state index contributed by atoms with van der Waals surface area (Å²) >= 11 is 0. The summed E-state index contributed by atoms with van der Waals surface area (Å²) < 4.78 is 4.87. The summed E-state index contributed by atoms with van der Waals surface area (Å²) in [4.78, 5) is 22.8. The molecule has 0 fully saturated rings. The Morgan fingerprint density at radius 1 is 1.26 bits per heavy atom. The fourth-order valence-corrected chi connectivity index (χ4v) is 1.80. The number of ether oxygens (including phenoxy) is 1. The third-order valence-corrected chi connectivity index (χ3v) is 3.01. The number of urea groups is 1. The molecule has 3 N–H and O–H groups in total. The molecule has 0 rings (SSSR count). The van der Waals surface area contributed by atoms with Crippen LogP contribution in [0.3, 0.4) is 0 Å². The Labute approximate surface area is 114 Å². The summed E-state index contributed by atoms with van der Waals surface area (Å²) in [5, 5.41) is 14.3. The molecule has 0 radical (unpaired) electrons. The highest BCUT2D eigenvalue weighted by Crippen LogP contribution is 2.05. The van der Waals surface area contributed by atoms with Crippen molar-refractivity contribution in [2.45, 2.75) is 52.1 Å². The van der Waals surface area contributed by atoms with Gasteiger partial charge in [0, 0.05) is 19.8 Å². The van der Waals surface area contributed by atoms with Crippen molar-refractivity contribution in [2.24, 2.45) is 5.92 Å². The SMILES string of the molecule is CCC(NC(=O)NC(CCCOC)C(=O)O)C(C)C. The minimum absolute atomic E-state index is 0.0495. The molecule has 0 spiro atoms. The molecule has 0 aliphatic carbocycles. The van der Waals surface area contributed by atoms with Crippen LogP contribution in [0, 0.1) is 5.92 Å². The lowest BCUT2D eigenvalue weighted by Gasteiger charge is -2.22. The number of carbonyl (C=O) groups excluding carboxylic acids is 1. The monoisotopic (exact) mass is 274 g/mol. The summed E-state index contributed by atoms with van der Waals surface area (Å²) in [7, 11) is 1.56. The zero-order valence-corrected chi connectivity index (χ0v) is 12.2. The van der Waals surface area contributed by atoms with E-state index in [1.54, 1.807) is 7.11 Å². The molecule has 2 unspecified atom stereocenters. The lowest BCUT2D eigenvalue weighted by Crippen LogP contribution is -2.50. The van der Waals surface area contributed by atoms with E-state index in [1.165, 1.54) is 0 Å². The van der Waals surface area contributed by atoms with Gasteiger partial charge in [0.15, 0.2) is 0 Å². The number of carbonyl (C=O) groups is 2. The predicted octanol–water partition coefficient (Wildman–Crippen LogP) is 1.60. The number of hydrogen-bond donors (Lipinski definition) is 3. The molecule has 0 aromatic heterocycles. The second-order valence-corrected chi connectivity index (χ2v) is 4.90. The molecule has 0 aliphatic heterocycles. The molecule has 2 amide bonds. The molecule has 0 bridgehead atoms. The van der Waals surface area contributed by atoms with Gasteiger partial charge in [0.05, 0.1) is 0 Å². The number of hydrogen-bond acceptors (Lipinski definition) is 3. The first-order chi connectivity index (χ1) is 8.92. The Hall–Kier alpha value is -1.30. The number of amides is 2. The van der Waals surface area contributed by atoms with E-state index in [2.05, 4.69) is 10.6 Å². The van der Waals surface area contributed by atoms with Crippen LogP contribution in [0.25, 0.3) is 0 Å². The van der Waals surface area contributed by atoms with E-state index in [4.69, 9.17) is 9.84 Å². The van der Waals surface area contributed by atoms with E-state index in [9.17, 15) is 9.59 Å². The topological polar surface area (TPSA) is 87.7 Å². The Bertz CT molecular complexity index is 282. The van der Waals surface area contributed by atoms with Crippen LogP contribution >= 0.6 is 0 Å². The molecule has 0 heterocycles. The van der Waals surface area contributed by atoms with Gasteiger partial charge in [0.25, 0.3) is 0 Å². The van der Waals surface area contributed by atoms with Crippen molar-refractivity contribution < 1.29 is 19.4 Å². The highest BCUT2D eigenvalue weighted by atomic mass is 16.5. The minimum atomic E-state index is -1.02. The molecule has 0 aliphatic rings. The van der Waals surface area contributed by atoms with Gasteiger partial charge in [0.2, 0.25) is 0 Å². The standard InChI is InChI=1S/C13H26N2O4/c1-5-10(9(2)3)14-13(18)15-11(12(16)17)7-6-8-19-4/h9-11H,5-8H2,1-4H3,(H,16,17)(H2,14,15,18). The molecule has 0 aromatic carbocycles. The van der Waals surface area contributed by atoms with Crippen LogP contribution in [0.2, 0.25) is 0 Å². The summed E-state index contributed by atoms with van der Waals surface area (Å²) in [5.74, 6) is -0.712. The van der Waals surface area contributed by atoms with Crippen molar-refractivity contribution in [2.75, 3.05) is 13.7 Å². The lowest BCUT2D eigenvalue weighted by molar-refractivity contribution is -0.139. The number of nitrogens with one attached hydrogen (secondary N) is 2. The second-order valence-electron chi connectivity index (χ2n) is 4.90. The molecule has 112 valence electrons. The maximum absolute atomic E-state index is 11.7. The molecule has 2 atom stereocenters. The quantitative estimate of drug-likeness (QED) is 0.557. The van der Waals surface area contributed by atoms with Crippen LogP contribution < -0.4 is 10.6 Å². The van der Waals surface area contributed by atoms with Gasteiger partial charge in [-0.2, -0.15) is 0 Å². The number of carboxylic acid groups (broad SMARTS) is 1. The van der Waals surface area contributed by atoms with E-state index in [0.717, 1.165) is 6.42 Å². The number of aliphatic carboxylic acids is 1. The van der Waals surface area contributed by atoms with Crippen LogP contribution in [-0.4, -0.2) is 42.9 Å². The average Bonchev–Trinajstić information content (AvgIpc) is 2.34. The first-order valence-corrected chi connectivity index (χ1v) is 6.71. The van der Waals surface area contributed by atoms with Crippen LogP contribution in [0.1, 0.15) is 40.0 Å². The maximum atomic E-state index is 11.7. The van der Waals surface area contributed by atoms with Crippen molar-refractivity contribution >= 4 is 12.0 Å². The van der Waals surface area contributed by atoms with Gasteiger partial charge in [-0.25, -0.2) is 9.59 Å². The normalized spacial score (nSPS) is 13.9. The van der Waals surface area contributed by atoms with E-state index in [0.29, 0.717) is 25.4 Å². The highest BCUT2D eigenvalue weighted by Gasteiger charge is 2.21. The molecule has 0 saturated heterocycles. The van der Waals surface area contributed by atoms with Crippen LogP contribution in [0.5, 0.6) is 0 Å². The highest BCUT2D eigenvalue weighted by molar-refractivity contribution is 5.82. The lowest BCUT2D eigenvalue weighted by atomic mass is 10.0. The Kier molecular flexibility index (Phi) is 8.95. The van der Waals surface area contributed by atoms with Gasteiger partial charge in [-0.05, 0) is 25.2 Å². The van der Waals surface area contributed by atoms with Crippen molar-refractivity contribution in [1.82, 2.24) is 10.6 Å². The molecular weight excluding hydrogens is 248 g/mol. The molecule has 0 aromatic rings. The summed E-state index contributed by atoms with van der Waals surface area (Å²) in [6.07, 6.45) is 1.76. The van der Waals surface area contributed by atoms with Crippen molar-refractivity contribution in [3.05, 3.63) is 0 Å². The summed E-state index contributed by atoms with van der Waals surface area (Å²) in [5.41, 5.74) is 0. The van der Waals surface area contributed by atoms with Gasteiger partial charge >= 0.3 is 12.0 Å². The third kappa shape index (κ3) is 7.66. The molecule has 6 heteroatoms. The van der Waals surface area contributed by atoms with E-state index < -0.39 is 18.0 Å². The zero-order chi connectivity index (χ0) is 14.8. The van der Waals surface area contributed by atoms with Crippen LogP contribution in [0.15, 0.2) is 0 Å². The van der Waals surface area contributed by atoms with Gasteiger partial charge < -0.3 is 20.5 Å².